The summed E-state index contributed by atoms with van der Waals surface area (Å²) in [5.74, 6) is -0.314. The molecule has 1 aliphatic heterocycles. The van der Waals surface area contributed by atoms with Crippen LogP contribution in [-0.2, 0) is 14.3 Å². The van der Waals surface area contributed by atoms with Crippen LogP contribution in [0.15, 0.2) is 48.5 Å². The third-order valence-electron chi connectivity index (χ3n) is 5.30. The van der Waals surface area contributed by atoms with E-state index in [1.54, 1.807) is 35.2 Å². The molecule has 0 aliphatic carbocycles. The fourth-order valence-corrected chi connectivity index (χ4v) is 3.53. The zero-order valence-electron chi connectivity index (χ0n) is 19.1. The molecule has 1 saturated heterocycles. The van der Waals surface area contributed by atoms with Crippen LogP contribution in [0.25, 0.3) is 0 Å². The molecule has 2 aromatic carbocycles. The van der Waals surface area contributed by atoms with Crippen LogP contribution in [0, 0.1) is 0 Å². The second-order valence-corrected chi connectivity index (χ2v) is 7.97. The number of ether oxygens (including phenoxy) is 1. The Morgan fingerprint density at radius 3 is 2.30 bits per heavy atom. The van der Waals surface area contributed by atoms with Crippen molar-refractivity contribution in [2.24, 2.45) is 0 Å². The molecule has 0 atom stereocenters. The van der Waals surface area contributed by atoms with Gasteiger partial charge in [-0.3, -0.25) is 14.4 Å². The number of amides is 3. The standard InChI is InChI=1S/C25H32N4O4/c1-2-3-4-11-23(30)27-22-10-6-8-20(17-22)26-18-24(31)28-21-9-5-7-19(16-21)25(32)29-12-14-33-15-13-29/h5-10,16-17,26H,2-4,11-15,18H2,1H3,(H,27,30)(H,28,31). The molecule has 0 saturated carbocycles. The number of carbonyl (C=O) groups is 3. The Kier molecular flexibility index (Phi) is 9.26. The minimum Gasteiger partial charge on any atom is -0.378 e. The topological polar surface area (TPSA) is 99.8 Å². The van der Waals surface area contributed by atoms with Crippen LogP contribution in [0.4, 0.5) is 17.1 Å². The summed E-state index contributed by atoms with van der Waals surface area (Å²) in [4.78, 5) is 38.8. The Morgan fingerprint density at radius 1 is 0.879 bits per heavy atom. The third kappa shape index (κ3) is 7.91. The van der Waals surface area contributed by atoms with Crippen LogP contribution >= 0.6 is 0 Å². The fraction of sp³-hybridized carbons (Fsp3) is 0.400. The van der Waals surface area contributed by atoms with Gasteiger partial charge in [-0.1, -0.05) is 31.9 Å². The summed E-state index contributed by atoms with van der Waals surface area (Å²) in [5.41, 5.74) is 2.52. The van der Waals surface area contributed by atoms with Crippen LogP contribution < -0.4 is 16.0 Å². The second kappa shape index (κ2) is 12.6. The number of hydrogen-bond acceptors (Lipinski definition) is 5. The van der Waals surface area contributed by atoms with Gasteiger partial charge in [0.25, 0.3) is 5.91 Å². The molecular weight excluding hydrogens is 420 g/mol. The van der Waals surface area contributed by atoms with Crippen molar-refractivity contribution in [3.63, 3.8) is 0 Å². The molecule has 33 heavy (non-hydrogen) atoms. The van der Waals surface area contributed by atoms with Gasteiger partial charge >= 0.3 is 0 Å². The predicted octanol–water partition coefficient (Wildman–Crippen LogP) is 3.73. The zero-order valence-corrected chi connectivity index (χ0v) is 19.1. The van der Waals surface area contributed by atoms with Gasteiger partial charge in [0, 0.05) is 42.1 Å². The first-order valence-corrected chi connectivity index (χ1v) is 11.5. The van der Waals surface area contributed by atoms with Gasteiger partial charge < -0.3 is 25.6 Å². The molecule has 0 radical (unpaired) electrons. The molecular formula is C25H32N4O4. The van der Waals surface area contributed by atoms with E-state index < -0.39 is 0 Å². The van der Waals surface area contributed by atoms with E-state index in [0.29, 0.717) is 49.7 Å². The number of nitrogens with zero attached hydrogens (tertiary/aromatic N) is 1. The number of carbonyl (C=O) groups excluding carboxylic acids is 3. The van der Waals surface area contributed by atoms with E-state index in [1.807, 2.05) is 18.2 Å². The van der Waals surface area contributed by atoms with Crippen molar-refractivity contribution in [3.05, 3.63) is 54.1 Å². The molecule has 8 nitrogen and oxygen atoms in total. The van der Waals surface area contributed by atoms with Crippen molar-refractivity contribution >= 4 is 34.8 Å². The molecule has 8 heteroatoms. The van der Waals surface area contributed by atoms with Gasteiger partial charge in [0.1, 0.15) is 0 Å². The third-order valence-corrected chi connectivity index (χ3v) is 5.30. The van der Waals surface area contributed by atoms with E-state index in [2.05, 4.69) is 22.9 Å². The lowest BCUT2D eigenvalue weighted by molar-refractivity contribution is -0.116. The minimum atomic E-state index is -0.236. The van der Waals surface area contributed by atoms with Gasteiger partial charge in [0.2, 0.25) is 11.8 Å². The Balaban J connectivity index is 1.49. The minimum absolute atomic E-state index is 0.00940. The lowest BCUT2D eigenvalue weighted by Gasteiger charge is -2.27. The molecule has 0 bridgehead atoms. The molecule has 0 aromatic heterocycles. The molecule has 1 fully saturated rings. The van der Waals surface area contributed by atoms with Crippen LogP contribution in [-0.4, -0.2) is 55.5 Å². The van der Waals surface area contributed by atoms with Crippen molar-refractivity contribution in [1.82, 2.24) is 4.90 Å². The van der Waals surface area contributed by atoms with E-state index in [-0.39, 0.29) is 24.3 Å². The van der Waals surface area contributed by atoms with Gasteiger partial charge in [-0.15, -0.1) is 0 Å². The van der Waals surface area contributed by atoms with Gasteiger partial charge in [0.05, 0.1) is 19.8 Å². The number of anilines is 3. The highest BCUT2D eigenvalue weighted by Crippen LogP contribution is 2.17. The van der Waals surface area contributed by atoms with Crippen LogP contribution in [0.5, 0.6) is 0 Å². The maximum Gasteiger partial charge on any atom is 0.254 e. The quantitative estimate of drug-likeness (QED) is 0.477. The van der Waals surface area contributed by atoms with E-state index >= 15 is 0 Å². The van der Waals surface area contributed by atoms with Crippen LogP contribution in [0.1, 0.15) is 43.0 Å². The second-order valence-electron chi connectivity index (χ2n) is 7.97. The van der Waals surface area contributed by atoms with E-state index in [4.69, 9.17) is 4.74 Å². The number of morpholine rings is 1. The molecule has 1 heterocycles. The summed E-state index contributed by atoms with van der Waals surface area (Å²) in [6.45, 7) is 4.37. The number of benzene rings is 2. The van der Waals surface area contributed by atoms with Gasteiger partial charge in [-0.2, -0.15) is 0 Å². The predicted molar refractivity (Wildman–Crippen MR) is 129 cm³/mol. The van der Waals surface area contributed by atoms with Crippen molar-refractivity contribution in [2.45, 2.75) is 32.6 Å². The molecule has 0 unspecified atom stereocenters. The lowest BCUT2D eigenvalue weighted by Crippen LogP contribution is -2.40. The molecule has 1 aliphatic rings. The van der Waals surface area contributed by atoms with Crippen LogP contribution in [0.3, 0.4) is 0 Å². The lowest BCUT2D eigenvalue weighted by atomic mass is 10.1. The number of unbranched alkanes of at least 4 members (excludes halogenated alkanes) is 2. The average molecular weight is 453 g/mol. The molecule has 2 aromatic rings. The Bertz CT molecular complexity index is 957. The zero-order chi connectivity index (χ0) is 23.5. The summed E-state index contributed by atoms with van der Waals surface area (Å²) >= 11 is 0. The van der Waals surface area contributed by atoms with Crippen molar-refractivity contribution in [1.29, 1.82) is 0 Å². The SMILES string of the molecule is CCCCCC(=O)Nc1cccc(NCC(=O)Nc2cccc(C(=O)N3CCOCC3)c2)c1. The highest BCUT2D eigenvalue weighted by atomic mass is 16.5. The maximum atomic E-state index is 12.6. The maximum absolute atomic E-state index is 12.6. The smallest absolute Gasteiger partial charge is 0.254 e. The van der Waals surface area contributed by atoms with Gasteiger partial charge in [-0.25, -0.2) is 0 Å². The first-order chi connectivity index (χ1) is 16.0. The molecule has 176 valence electrons. The number of rotatable bonds is 10. The van der Waals surface area contributed by atoms with Gasteiger partial charge in [0.15, 0.2) is 0 Å². The van der Waals surface area contributed by atoms with Gasteiger partial charge in [-0.05, 0) is 42.8 Å². The molecule has 3 rings (SSSR count). The number of nitrogens with one attached hydrogen (secondary N) is 3. The highest BCUT2D eigenvalue weighted by molar-refractivity contribution is 5.98. The normalized spacial score (nSPS) is 13.3. The monoisotopic (exact) mass is 452 g/mol. The summed E-state index contributed by atoms with van der Waals surface area (Å²) < 4.78 is 5.29. The molecule has 0 spiro atoms. The first kappa shape index (κ1) is 24.3. The highest BCUT2D eigenvalue weighted by Gasteiger charge is 2.18. The first-order valence-electron chi connectivity index (χ1n) is 11.5. The van der Waals surface area contributed by atoms with Crippen molar-refractivity contribution < 1.29 is 19.1 Å². The molecule has 3 amide bonds. The summed E-state index contributed by atoms with van der Waals surface area (Å²) in [6, 6.07) is 14.2. The van der Waals surface area contributed by atoms with Crippen molar-refractivity contribution in [3.8, 4) is 0 Å². The van der Waals surface area contributed by atoms with Crippen LogP contribution in [0.2, 0.25) is 0 Å². The summed E-state index contributed by atoms with van der Waals surface area (Å²) in [7, 11) is 0. The fourth-order valence-electron chi connectivity index (χ4n) is 3.53. The van der Waals surface area contributed by atoms with E-state index in [0.717, 1.165) is 24.9 Å². The molecule has 3 N–H and O–H groups in total. The average Bonchev–Trinajstić information content (AvgIpc) is 2.83. The largest absolute Gasteiger partial charge is 0.378 e. The van der Waals surface area contributed by atoms with E-state index in [1.165, 1.54) is 0 Å². The Morgan fingerprint density at radius 2 is 1.55 bits per heavy atom. The Labute approximate surface area is 194 Å². The summed E-state index contributed by atoms with van der Waals surface area (Å²) in [5, 5.41) is 8.78. The van der Waals surface area contributed by atoms with E-state index in [9.17, 15) is 14.4 Å². The summed E-state index contributed by atoms with van der Waals surface area (Å²) in [6.07, 6.45) is 3.48. The number of hydrogen-bond donors (Lipinski definition) is 3. The van der Waals surface area contributed by atoms with Crippen molar-refractivity contribution in [2.75, 3.05) is 48.8 Å². The Hall–Kier alpha value is -3.39.